The summed E-state index contributed by atoms with van der Waals surface area (Å²) in [6, 6.07) is 0. The Labute approximate surface area is 65.1 Å². The fourth-order valence-electron chi connectivity index (χ4n) is 1.03. The summed E-state index contributed by atoms with van der Waals surface area (Å²) in [7, 11) is 0. The predicted molar refractivity (Wildman–Crippen MR) is 36.7 cm³/mol. The highest BCUT2D eigenvalue weighted by atomic mass is 16.7. The highest BCUT2D eigenvalue weighted by molar-refractivity contribution is 5.76. The number of hydrogen-bond acceptors (Lipinski definition) is 4. The quantitative estimate of drug-likeness (QED) is 0.508. The smallest absolute Gasteiger partial charge is 0.340 e. The Balaban J connectivity index is 2.70. The molecule has 1 aliphatic heterocycles. The topological polar surface area (TPSA) is 55.8 Å². The van der Waals surface area contributed by atoms with Gasteiger partial charge >= 0.3 is 5.97 Å². The van der Waals surface area contributed by atoms with Gasteiger partial charge in [-0.15, -0.1) is 0 Å². The van der Waals surface area contributed by atoms with Crippen LogP contribution in [0.4, 0.5) is 0 Å². The van der Waals surface area contributed by atoms with Crippen LogP contribution in [0.1, 0.15) is 20.8 Å². The molecule has 1 saturated heterocycles. The third-order valence-electron chi connectivity index (χ3n) is 1.50. The standard InChI is InChI=1S/C7H12O4/c1-4-5(8)6(9)11-7(2,3)10-4/h4-5,8H,1-3H3/t4?,5-/m1/s1. The molecule has 4 heteroatoms. The van der Waals surface area contributed by atoms with Crippen LogP contribution in [0.5, 0.6) is 0 Å². The molecule has 1 fully saturated rings. The van der Waals surface area contributed by atoms with Crippen LogP contribution >= 0.6 is 0 Å². The van der Waals surface area contributed by atoms with Gasteiger partial charge in [0.15, 0.2) is 6.10 Å². The minimum Gasteiger partial charge on any atom is -0.432 e. The van der Waals surface area contributed by atoms with Gasteiger partial charge in [0.2, 0.25) is 5.79 Å². The Kier molecular flexibility index (Phi) is 1.90. The van der Waals surface area contributed by atoms with Gasteiger partial charge in [-0.3, -0.25) is 0 Å². The molecule has 64 valence electrons. The molecular formula is C7H12O4. The lowest BCUT2D eigenvalue weighted by Gasteiger charge is -2.36. The molecule has 0 spiro atoms. The van der Waals surface area contributed by atoms with E-state index in [4.69, 9.17) is 14.6 Å². The van der Waals surface area contributed by atoms with Gasteiger partial charge in [-0.2, -0.15) is 0 Å². The number of cyclic esters (lactones) is 1. The predicted octanol–water partition coefficient (Wildman–Crippen LogP) is 0.0453. The van der Waals surface area contributed by atoms with Crippen LogP contribution < -0.4 is 0 Å². The van der Waals surface area contributed by atoms with Crippen LogP contribution in [0.2, 0.25) is 0 Å². The van der Waals surface area contributed by atoms with Gasteiger partial charge in [-0.25, -0.2) is 4.79 Å². The summed E-state index contributed by atoms with van der Waals surface area (Å²) in [6.45, 7) is 4.90. The van der Waals surface area contributed by atoms with Gasteiger partial charge < -0.3 is 14.6 Å². The number of ether oxygens (including phenoxy) is 2. The second-order valence-electron chi connectivity index (χ2n) is 3.09. The SMILES string of the molecule is CC1OC(C)(C)OC(=O)[C@@H]1O. The highest BCUT2D eigenvalue weighted by Gasteiger charge is 2.39. The highest BCUT2D eigenvalue weighted by Crippen LogP contribution is 2.22. The Morgan fingerprint density at radius 3 is 2.55 bits per heavy atom. The third-order valence-corrected chi connectivity index (χ3v) is 1.50. The first-order valence-corrected chi connectivity index (χ1v) is 3.51. The number of aliphatic hydroxyl groups excluding tert-OH is 1. The van der Waals surface area contributed by atoms with E-state index in [1.54, 1.807) is 20.8 Å². The molecule has 0 radical (unpaired) electrons. The van der Waals surface area contributed by atoms with Crippen LogP contribution in [0, 0.1) is 0 Å². The number of aliphatic hydroxyl groups is 1. The van der Waals surface area contributed by atoms with Crippen LogP contribution in [0.3, 0.4) is 0 Å². The molecule has 0 bridgehead atoms. The average molecular weight is 160 g/mol. The van der Waals surface area contributed by atoms with E-state index in [1.807, 2.05) is 0 Å². The van der Waals surface area contributed by atoms with E-state index >= 15 is 0 Å². The molecule has 0 amide bonds. The van der Waals surface area contributed by atoms with Crippen molar-refractivity contribution in [3.63, 3.8) is 0 Å². The second kappa shape index (κ2) is 2.46. The zero-order valence-corrected chi connectivity index (χ0v) is 6.83. The molecule has 4 nitrogen and oxygen atoms in total. The van der Waals surface area contributed by atoms with Crippen molar-refractivity contribution in [3.8, 4) is 0 Å². The van der Waals surface area contributed by atoms with E-state index in [-0.39, 0.29) is 0 Å². The Morgan fingerprint density at radius 2 is 2.09 bits per heavy atom. The largest absolute Gasteiger partial charge is 0.432 e. The zero-order valence-electron chi connectivity index (χ0n) is 6.83. The number of esters is 1. The lowest BCUT2D eigenvalue weighted by atomic mass is 10.2. The van der Waals surface area contributed by atoms with Crippen molar-refractivity contribution in [3.05, 3.63) is 0 Å². The van der Waals surface area contributed by atoms with E-state index < -0.39 is 24.0 Å². The first kappa shape index (κ1) is 8.49. The second-order valence-corrected chi connectivity index (χ2v) is 3.09. The molecular weight excluding hydrogens is 148 g/mol. The van der Waals surface area contributed by atoms with Crippen LogP contribution in [0.15, 0.2) is 0 Å². The monoisotopic (exact) mass is 160 g/mol. The molecule has 0 aliphatic carbocycles. The zero-order chi connectivity index (χ0) is 8.65. The normalized spacial score (nSPS) is 36.5. The molecule has 1 heterocycles. The molecule has 0 aromatic rings. The van der Waals surface area contributed by atoms with Crippen molar-refractivity contribution in [2.45, 2.75) is 38.8 Å². The van der Waals surface area contributed by atoms with Gasteiger partial charge in [-0.1, -0.05) is 0 Å². The Morgan fingerprint density at radius 1 is 1.55 bits per heavy atom. The van der Waals surface area contributed by atoms with E-state index in [0.717, 1.165) is 0 Å². The van der Waals surface area contributed by atoms with Gasteiger partial charge in [0.05, 0.1) is 6.10 Å². The fraction of sp³-hybridized carbons (Fsp3) is 0.857. The maximum atomic E-state index is 10.9. The summed E-state index contributed by atoms with van der Waals surface area (Å²) in [5.41, 5.74) is 0. The molecule has 1 rings (SSSR count). The molecule has 0 aromatic heterocycles. The van der Waals surface area contributed by atoms with E-state index in [0.29, 0.717) is 0 Å². The van der Waals surface area contributed by atoms with Crippen molar-refractivity contribution >= 4 is 5.97 Å². The minimum atomic E-state index is -1.15. The summed E-state index contributed by atoms with van der Waals surface area (Å²) in [6.07, 6.45) is -1.64. The van der Waals surface area contributed by atoms with E-state index in [1.165, 1.54) is 0 Å². The summed E-state index contributed by atoms with van der Waals surface area (Å²) in [4.78, 5) is 10.9. The molecule has 0 aromatic carbocycles. The summed E-state index contributed by atoms with van der Waals surface area (Å²) < 4.78 is 9.91. The summed E-state index contributed by atoms with van der Waals surface area (Å²) in [5.74, 6) is -1.52. The van der Waals surface area contributed by atoms with Crippen LogP contribution in [-0.2, 0) is 14.3 Å². The summed E-state index contributed by atoms with van der Waals surface area (Å²) >= 11 is 0. The molecule has 2 atom stereocenters. The number of carbonyl (C=O) groups excluding carboxylic acids is 1. The first-order chi connectivity index (χ1) is 4.92. The number of carbonyl (C=O) groups is 1. The van der Waals surface area contributed by atoms with Gasteiger partial charge in [-0.05, 0) is 6.92 Å². The van der Waals surface area contributed by atoms with Crippen molar-refractivity contribution in [2.24, 2.45) is 0 Å². The number of rotatable bonds is 0. The van der Waals surface area contributed by atoms with Crippen molar-refractivity contribution in [2.75, 3.05) is 0 Å². The average Bonchev–Trinajstić information content (AvgIpc) is 1.81. The Hall–Kier alpha value is -0.610. The third kappa shape index (κ3) is 1.70. The lowest BCUT2D eigenvalue weighted by molar-refractivity contribution is -0.276. The van der Waals surface area contributed by atoms with Crippen LogP contribution in [0.25, 0.3) is 0 Å². The van der Waals surface area contributed by atoms with E-state index in [2.05, 4.69) is 0 Å². The molecule has 1 aliphatic rings. The number of hydrogen-bond donors (Lipinski definition) is 1. The molecule has 1 N–H and O–H groups in total. The fourth-order valence-corrected chi connectivity index (χ4v) is 1.03. The summed E-state index contributed by atoms with van der Waals surface area (Å²) in [5, 5.41) is 9.08. The van der Waals surface area contributed by atoms with Gasteiger partial charge in [0.25, 0.3) is 0 Å². The molecule has 1 unspecified atom stereocenters. The van der Waals surface area contributed by atoms with E-state index in [9.17, 15) is 4.79 Å². The Bertz CT molecular complexity index is 175. The van der Waals surface area contributed by atoms with Gasteiger partial charge in [0, 0.05) is 13.8 Å². The molecule has 11 heavy (non-hydrogen) atoms. The van der Waals surface area contributed by atoms with Crippen molar-refractivity contribution < 1.29 is 19.4 Å². The van der Waals surface area contributed by atoms with Crippen molar-refractivity contribution in [1.29, 1.82) is 0 Å². The minimum absolute atomic E-state index is 0.494. The maximum Gasteiger partial charge on any atom is 0.340 e. The molecule has 0 saturated carbocycles. The van der Waals surface area contributed by atoms with Crippen molar-refractivity contribution in [1.82, 2.24) is 0 Å². The van der Waals surface area contributed by atoms with Gasteiger partial charge in [0.1, 0.15) is 0 Å². The van der Waals surface area contributed by atoms with Crippen LogP contribution in [-0.4, -0.2) is 29.1 Å². The lowest BCUT2D eigenvalue weighted by Crippen LogP contribution is -2.50. The maximum absolute atomic E-state index is 10.9. The first-order valence-electron chi connectivity index (χ1n) is 3.51.